The molecule has 12 nitrogen and oxygen atoms in total. The molecule has 1 aromatic heterocycles. The number of H-pyrrole nitrogens is 1. The van der Waals surface area contributed by atoms with E-state index in [1.165, 1.54) is 12.5 Å². The van der Waals surface area contributed by atoms with Gasteiger partial charge in [-0.1, -0.05) is 0 Å². The lowest BCUT2D eigenvalue weighted by molar-refractivity contribution is -0.143. The Hall–Kier alpha value is -2.99. The maximum Gasteiger partial charge on any atom is 0.321 e. The minimum Gasteiger partial charge on any atom is -0.481 e. The van der Waals surface area contributed by atoms with Gasteiger partial charge in [-0.25, -0.2) is 4.98 Å². The molecule has 27 heavy (non-hydrogen) atoms. The highest BCUT2D eigenvalue weighted by molar-refractivity contribution is 5.78. The molecule has 0 saturated heterocycles. The summed E-state index contributed by atoms with van der Waals surface area (Å²) in [5.41, 5.74) is 0.586. The number of rotatable bonds is 14. The summed E-state index contributed by atoms with van der Waals surface area (Å²) >= 11 is 0. The zero-order chi connectivity index (χ0) is 20.4. The molecule has 0 aromatic carbocycles. The number of hydrogen-bond acceptors (Lipinski definition) is 7. The zero-order valence-corrected chi connectivity index (χ0v) is 14.3. The van der Waals surface area contributed by atoms with E-state index in [0.717, 1.165) is 0 Å². The molecular weight excluding hydrogens is 364 g/mol. The van der Waals surface area contributed by atoms with E-state index >= 15 is 0 Å². The van der Waals surface area contributed by atoms with Gasteiger partial charge < -0.3 is 30.7 Å². The number of nitrogens with one attached hydrogen (secondary N) is 3. The monoisotopic (exact) mass is 386 g/mol. The van der Waals surface area contributed by atoms with E-state index in [1.54, 1.807) is 0 Å². The average Bonchev–Trinajstić information content (AvgIpc) is 3.07. The normalized spacial score (nSPS) is 14.2. The lowest BCUT2D eigenvalue weighted by Gasteiger charge is -2.21. The van der Waals surface area contributed by atoms with Gasteiger partial charge in [0.15, 0.2) is 0 Å². The van der Waals surface area contributed by atoms with E-state index in [0.29, 0.717) is 5.69 Å². The van der Waals surface area contributed by atoms with Crippen LogP contribution in [-0.4, -0.2) is 78.9 Å². The predicted molar refractivity (Wildman–Crippen MR) is 89.2 cm³/mol. The van der Waals surface area contributed by atoms with E-state index in [4.69, 9.17) is 10.2 Å². The second kappa shape index (κ2) is 10.9. The van der Waals surface area contributed by atoms with Crippen molar-refractivity contribution in [1.29, 1.82) is 0 Å². The summed E-state index contributed by atoms with van der Waals surface area (Å²) in [7, 11) is 0. The Balaban J connectivity index is 2.59. The smallest absolute Gasteiger partial charge is 0.321 e. The van der Waals surface area contributed by atoms with Crippen LogP contribution in [0.2, 0.25) is 0 Å². The maximum absolute atomic E-state index is 11.3. The Kier molecular flexibility index (Phi) is 8.89. The molecule has 0 fully saturated rings. The largest absolute Gasteiger partial charge is 0.481 e. The standard InChI is InChI=1S/C15H22N4O8/c20-12(21)2-1-9(13(22)23)19-10(14(24)25)3-4-17-11(15(26)27)5-8-6-16-7-18-8/h6-7,9-11,17,19H,1-5H2,(H,16,18)(H,20,21)(H,22,23)(H,24,25)(H,26,27)/t9-,10-,11-/m0/s1. The number of aromatic amines is 1. The van der Waals surface area contributed by atoms with Gasteiger partial charge in [-0.3, -0.25) is 24.5 Å². The molecule has 0 unspecified atom stereocenters. The van der Waals surface area contributed by atoms with Crippen molar-refractivity contribution < 1.29 is 39.6 Å². The molecule has 150 valence electrons. The van der Waals surface area contributed by atoms with E-state index < -0.39 is 48.4 Å². The number of nitrogens with zero attached hydrogens (tertiary/aromatic N) is 1. The summed E-state index contributed by atoms with van der Waals surface area (Å²) in [5.74, 6) is -5.01. The first-order valence-corrected chi connectivity index (χ1v) is 8.07. The highest BCUT2D eigenvalue weighted by Gasteiger charge is 2.27. The minimum atomic E-state index is -1.36. The van der Waals surface area contributed by atoms with Crippen molar-refractivity contribution >= 4 is 23.9 Å². The van der Waals surface area contributed by atoms with Crippen LogP contribution in [0.15, 0.2) is 12.5 Å². The van der Waals surface area contributed by atoms with Crippen molar-refractivity contribution in [2.24, 2.45) is 0 Å². The number of hydrogen-bond donors (Lipinski definition) is 7. The van der Waals surface area contributed by atoms with Crippen molar-refractivity contribution in [2.75, 3.05) is 6.54 Å². The van der Waals surface area contributed by atoms with Gasteiger partial charge in [0, 0.05) is 24.7 Å². The quantitative estimate of drug-likeness (QED) is 0.201. The van der Waals surface area contributed by atoms with Gasteiger partial charge in [0.2, 0.25) is 0 Å². The lowest BCUT2D eigenvalue weighted by Crippen LogP contribution is -2.49. The molecule has 0 aliphatic heterocycles. The Morgan fingerprint density at radius 1 is 0.963 bits per heavy atom. The fourth-order valence-corrected chi connectivity index (χ4v) is 2.33. The van der Waals surface area contributed by atoms with Crippen LogP contribution >= 0.6 is 0 Å². The van der Waals surface area contributed by atoms with Crippen LogP contribution in [0.4, 0.5) is 0 Å². The Labute approximate surface area is 153 Å². The van der Waals surface area contributed by atoms with E-state index in [9.17, 15) is 29.4 Å². The number of carboxylic acids is 4. The van der Waals surface area contributed by atoms with Crippen LogP contribution in [0.1, 0.15) is 25.0 Å². The van der Waals surface area contributed by atoms with E-state index in [2.05, 4.69) is 20.6 Å². The van der Waals surface area contributed by atoms with Crippen molar-refractivity contribution in [2.45, 2.75) is 43.8 Å². The summed E-state index contributed by atoms with van der Waals surface area (Å²) in [6.45, 7) is -0.0136. The fourth-order valence-electron chi connectivity index (χ4n) is 2.33. The third-order valence-corrected chi connectivity index (χ3v) is 3.75. The molecule has 0 aliphatic rings. The van der Waals surface area contributed by atoms with Crippen LogP contribution in [0.25, 0.3) is 0 Å². The second-order valence-corrected chi connectivity index (χ2v) is 5.80. The molecule has 7 N–H and O–H groups in total. The zero-order valence-electron chi connectivity index (χ0n) is 14.3. The molecular formula is C15H22N4O8. The fraction of sp³-hybridized carbons (Fsp3) is 0.533. The van der Waals surface area contributed by atoms with Crippen LogP contribution in [0.3, 0.4) is 0 Å². The first-order chi connectivity index (χ1) is 12.7. The van der Waals surface area contributed by atoms with Gasteiger partial charge in [0.1, 0.15) is 18.1 Å². The first-order valence-electron chi connectivity index (χ1n) is 8.07. The molecule has 3 atom stereocenters. The van der Waals surface area contributed by atoms with Gasteiger partial charge in [0.05, 0.1) is 6.33 Å². The highest BCUT2D eigenvalue weighted by Crippen LogP contribution is 2.04. The summed E-state index contributed by atoms with van der Waals surface area (Å²) < 4.78 is 0. The number of aliphatic carboxylic acids is 4. The van der Waals surface area contributed by atoms with Gasteiger partial charge in [-0.2, -0.15) is 0 Å². The van der Waals surface area contributed by atoms with Crippen molar-refractivity contribution in [3.63, 3.8) is 0 Å². The van der Waals surface area contributed by atoms with Crippen LogP contribution in [-0.2, 0) is 25.6 Å². The SMILES string of the molecule is O=C(O)CC[C@H](N[C@@H](CCN[C@@H](Cc1cnc[nH]1)C(=O)O)C(=O)O)C(=O)O. The first kappa shape index (κ1) is 22.1. The third-order valence-electron chi connectivity index (χ3n) is 3.75. The predicted octanol–water partition coefficient (Wildman–Crippen LogP) is -1.25. The molecule has 0 amide bonds. The van der Waals surface area contributed by atoms with Crippen LogP contribution in [0, 0.1) is 0 Å². The molecule has 0 radical (unpaired) electrons. The molecule has 0 spiro atoms. The number of aromatic nitrogens is 2. The molecule has 0 bridgehead atoms. The molecule has 1 heterocycles. The Bertz CT molecular complexity index is 648. The lowest BCUT2D eigenvalue weighted by atomic mass is 10.1. The summed E-state index contributed by atoms with van der Waals surface area (Å²) in [5, 5.41) is 41.3. The average molecular weight is 386 g/mol. The van der Waals surface area contributed by atoms with E-state index in [1.807, 2.05) is 0 Å². The third kappa shape index (κ3) is 8.29. The Morgan fingerprint density at radius 2 is 1.56 bits per heavy atom. The van der Waals surface area contributed by atoms with Crippen molar-refractivity contribution in [1.82, 2.24) is 20.6 Å². The van der Waals surface area contributed by atoms with Crippen molar-refractivity contribution in [3.05, 3.63) is 18.2 Å². The van der Waals surface area contributed by atoms with E-state index in [-0.39, 0.29) is 25.8 Å². The minimum absolute atomic E-state index is 0.0136. The van der Waals surface area contributed by atoms with Gasteiger partial charge >= 0.3 is 23.9 Å². The molecule has 0 saturated carbocycles. The van der Waals surface area contributed by atoms with Gasteiger partial charge in [-0.05, 0) is 19.4 Å². The van der Waals surface area contributed by atoms with Crippen molar-refractivity contribution in [3.8, 4) is 0 Å². The summed E-state index contributed by atoms with van der Waals surface area (Å²) in [6, 6.07) is -3.61. The molecule has 1 aromatic rings. The van der Waals surface area contributed by atoms with Crippen LogP contribution < -0.4 is 10.6 Å². The van der Waals surface area contributed by atoms with Crippen LogP contribution in [0.5, 0.6) is 0 Å². The van der Waals surface area contributed by atoms with Gasteiger partial charge in [0.25, 0.3) is 0 Å². The molecule has 12 heteroatoms. The highest BCUT2D eigenvalue weighted by atomic mass is 16.4. The number of carboxylic acid groups (broad SMARTS) is 4. The summed E-state index contributed by atoms with van der Waals surface area (Å²) in [6.07, 6.45) is 2.18. The number of imidazole rings is 1. The summed E-state index contributed by atoms with van der Waals surface area (Å²) in [4.78, 5) is 50.9. The second-order valence-electron chi connectivity index (χ2n) is 5.80. The molecule has 1 rings (SSSR count). The maximum atomic E-state index is 11.3. The van der Waals surface area contributed by atoms with Gasteiger partial charge in [-0.15, -0.1) is 0 Å². The topological polar surface area (TPSA) is 202 Å². The molecule has 0 aliphatic carbocycles. The number of carbonyl (C=O) groups is 4. The Morgan fingerprint density at radius 3 is 2.04 bits per heavy atom.